The molecule has 7 rings (SSSR count). The molecule has 0 unspecified atom stereocenters. The van der Waals surface area contributed by atoms with Crippen molar-refractivity contribution < 1.29 is 9.13 Å². The monoisotopic (exact) mass is 523 g/mol. The number of aryl methyl sites for hydroxylation is 1. The molecule has 0 saturated carbocycles. The average molecular weight is 524 g/mol. The van der Waals surface area contributed by atoms with Crippen LogP contribution < -0.4 is 4.74 Å². The van der Waals surface area contributed by atoms with Gasteiger partial charge < -0.3 is 9.72 Å². The Morgan fingerprint density at radius 3 is 2.69 bits per heavy atom. The lowest BCUT2D eigenvalue weighted by molar-refractivity contribution is 0.237. The van der Waals surface area contributed by atoms with Crippen molar-refractivity contribution in [3.63, 3.8) is 0 Å². The van der Waals surface area contributed by atoms with Crippen LogP contribution in [0.3, 0.4) is 0 Å². The minimum absolute atomic E-state index is 0.385. The number of halogens is 1. The van der Waals surface area contributed by atoms with E-state index in [1.54, 1.807) is 17.1 Å². The lowest BCUT2D eigenvalue weighted by atomic mass is 10.1. The van der Waals surface area contributed by atoms with Crippen LogP contribution in [0, 0.1) is 5.82 Å². The third-order valence-corrected chi connectivity index (χ3v) is 7.05. The Morgan fingerprint density at radius 2 is 1.85 bits per heavy atom. The number of H-pyrrole nitrogens is 2. The first-order valence-corrected chi connectivity index (χ1v) is 13.0. The summed E-state index contributed by atoms with van der Waals surface area (Å²) in [5.41, 5.74) is 6.28. The number of aromatic amines is 2. The van der Waals surface area contributed by atoms with E-state index in [0.717, 1.165) is 41.9 Å². The molecule has 11 heteroatoms. The van der Waals surface area contributed by atoms with E-state index in [1.165, 1.54) is 25.0 Å². The Hall–Kier alpha value is -4.64. The molecule has 0 aliphatic carbocycles. The van der Waals surface area contributed by atoms with Gasteiger partial charge in [-0.2, -0.15) is 10.2 Å². The van der Waals surface area contributed by atoms with Crippen molar-refractivity contribution in [1.82, 2.24) is 44.8 Å². The summed E-state index contributed by atoms with van der Waals surface area (Å²) < 4.78 is 22.3. The van der Waals surface area contributed by atoms with Crippen molar-refractivity contribution in [2.75, 3.05) is 26.2 Å². The topological polar surface area (TPSA) is 113 Å². The largest absolute Gasteiger partial charge is 0.492 e. The van der Waals surface area contributed by atoms with Gasteiger partial charge in [0, 0.05) is 43.2 Å². The maximum absolute atomic E-state index is 14.6. The minimum atomic E-state index is -0.385. The van der Waals surface area contributed by atoms with Crippen molar-refractivity contribution in [2.45, 2.75) is 12.8 Å². The number of nitrogens with zero attached hydrogens (tertiary/aromatic N) is 7. The van der Waals surface area contributed by atoms with Crippen LogP contribution in [0.1, 0.15) is 12.8 Å². The maximum Gasteiger partial charge on any atom is 0.161 e. The molecule has 1 aromatic carbocycles. The predicted molar refractivity (Wildman–Crippen MR) is 146 cm³/mol. The minimum Gasteiger partial charge on any atom is -0.492 e. The fraction of sp³-hybridized carbons (Fsp3) is 0.250. The van der Waals surface area contributed by atoms with Crippen LogP contribution in [0.15, 0.2) is 55.0 Å². The fourth-order valence-electron chi connectivity index (χ4n) is 5.12. The number of nitrogens with one attached hydrogen (secondary N) is 2. The predicted octanol–water partition coefficient (Wildman–Crippen LogP) is 4.58. The van der Waals surface area contributed by atoms with E-state index in [-0.39, 0.29) is 5.82 Å². The molecule has 2 N–H and O–H groups in total. The summed E-state index contributed by atoms with van der Waals surface area (Å²) in [7, 11) is 1.87. The second-order valence-corrected chi connectivity index (χ2v) is 9.78. The van der Waals surface area contributed by atoms with E-state index in [2.05, 4.69) is 30.2 Å². The number of aromatic nitrogens is 8. The van der Waals surface area contributed by atoms with Crippen LogP contribution >= 0.6 is 0 Å². The summed E-state index contributed by atoms with van der Waals surface area (Å²) in [5, 5.41) is 11.8. The Balaban J connectivity index is 1.23. The van der Waals surface area contributed by atoms with Crippen molar-refractivity contribution in [3.05, 3.63) is 60.8 Å². The summed E-state index contributed by atoms with van der Waals surface area (Å²) in [6, 6.07) is 10.4. The van der Waals surface area contributed by atoms with E-state index in [1.807, 2.05) is 37.5 Å². The first kappa shape index (κ1) is 23.5. The number of hydrogen-bond acceptors (Lipinski definition) is 7. The highest BCUT2D eigenvalue weighted by molar-refractivity contribution is 5.95. The molecule has 39 heavy (non-hydrogen) atoms. The first-order valence-electron chi connectivity index (χ1n) is 13.0. The molecule has 0 radical (unpaired) electrons. The average Bonchev–Trinajstić information content (AvgIpc) is 3.74. The van der Waals surface area contributed by atoms with Crippen LogP contribution in [0.4, 0.5) is 4.39 Å². The standard InChI is InChI=1S/C28H26FN9O/c1-37-16-18(15-31-37)21-4-5-23-26(32-21)27(36-35-23)28-33-22-6-7-30-24(25(22)34-28)17-12-19(29)14-20(13-17)39-11-10-38-8-2-3-9-38/h4-7,12-16H,2-3,8-11H2,1H3,(H,33,34)(H,35,36). The quantitative estimate of drug-likeness (QED) is 0.315. The smallest absolute Gasteiger partial charge is 0.161 e. The Labute approximate surface area is 222 Å². The van der Waals surface area contributed by atoms with Gasteiger partial charge >= 0.3 is 0 Å². The highest BCUT2D eigenvalue weighted by atomic mass is 19.1. The van der Waals surface area contributed by atoms with Gasteiger partial charge in [0.2, 0.25) is 0 Å². The molecule has 10 nitrogen and oxygen atoms in total. The van der Waals surface area contributed by atoms with Crippen LogP contribution in [0.5, 0.6) is 5.75 Å². The van der Waals surface area contributed by atoms with Gasteiger partial charge in [0.25, 0.3) is 0 Å². The van der Waals surface area contributed by atoms with E-state index in [4.69, 9.17) is 14.7 Å². The number of ether oxygens (including phenoxy) is 1. The normalized spacial score (nSPS) is 14.1. The SMILES string of the molecule is Cn1cc(-c2ccc3[nH]nc(-c4nc5c(-c6cc(F)cc(OCCN7CCCC7)c6)nccc5[nH]4)c3n2)cn1. The molecule has 1 aliphatic rings. The zero-order valence-electron chi connectivity index (χ0n) is 21.4. The van der Waals surface area contributed by atoms with Crippen molar-refractivity contribution in [3.8, 4) is 39.8 Å². The number of benzene rings is 1. The van der Waals surface area contributed by atoms with Crippen molar-refractivity contribution in [1.29, 1.82) is 0 Å². The Kier molecular flexibility index (Phi) is 5.77. The highest BCUT2D eigenvalue weighted by Crippen LogP contribution is 2.32. The number of imidazole rings is 1. The second kappa shape index (κ2) is 9.59. The van der Waals surface area contributed by atoms with Gasteiger partial charge in [-0.05, 0) is 56.3 Å². The van der Waals surface area contributed by atoms with E-state index in [0.29, 0.717) is 46.2 Å². The molecular weight excluding hydrogens is 497 g/mol. The first-order chi connectivity index (χ1) is 19.1. The van der Waals surface area contributed by atoms with Gasteiger partial charge in [-0.1, -0.05) is 0 Å². The van der Waals surface area contributed by atoms with Crippen molar-refractivity contribution >= 4 is 22.1 Å². The fourth-order valence-corrected chi connectivity index (χ4v) is 5.12. The molecule has 196 valence electrons. The maximum atomic E-state index is 14.6. The van der Waals surface area contributed by atoms with Crippen LogP contribution in [0.25, 0.3) is 56.1 Å². The molecule has 6 heterocycles. The molecule has 6 aromatic rings. The van der Waals surface area contributed by atoms with Crippen LogP contribution in [-0.4, -0.2) is 71.1 Å². The van der Waals surface area contributed by atoms with Gasteiger partial charge in [-0.25, -0.2) is 14.4 Å². The number of likely N-dealkylation sites (tertiary alicyclic amines) is 1. The number of pyridine rings is 2. The number of hydrogen-bond donors (Lipinski definition) is 2. The molecule has 0 atom stereocenters. The zero-order chi connectivity index (χ0) is 26.3. The summed E-state index contributed by atoms with van der Waals surface area (Å²) in [6.07, 6.45) is 7.81. The Bertz CT molecular complexity index is 1800. The van der Waals surface area contributed by atoms with Gasteiger partial charge in [-0.3, -0.25) is 19.7 Å². The van der Waals surface area contributed by atoms with Gasteiger partial charge in [0.1, 0.15) is 29.2 Å². The number of rotatable bonds is 7. The number of fused-ring (bicyclic) bond motifs is 2. The molecule has 1 fully saturated rings. The summed E-state index contributed by atoms with van der Waals surface area (Å²) >= 11 is 0. The van der Waals surface area contributed by atoms with Gasteiger partial charge in [-0.15, -0.1) is 0 Å². The molecule has 0 amide bonds. The van der Waals surface area contributed by atoms with Crippen molar-refractivity contribution in [2.24, 2.45) is 7.05 Å². The molecule has 0 spiro atoms. The summed E-state index contributed by atoms with van der Waals surface area (Å²) in [6.45, 7) is 3.53. The van der Waals surface area contributed by atoms with E-state index in [9.17, 15) is 4.39 Å². The summed E-state index contributed by atoms with van der Waals surface area (Å²) in [4.78, 5) is 19.9. The second-order valence-electron chi connectivity index (χ2n) is 9.78. The lowest BCUT2D eigenvalue weighted by Gasteiger charge is -2.15. The molecular formula is C28H26FN9O. The lowest BCUT2D eigenvalue weighted by Crippen LogP contribution is -2.25. The third kappa shape index (κ3) is 4.50. The molecule has 1 saturated heterocycles. The molecule has 1 aliphatic heterocycles. The highest BCUT2D eigenvalue weighted by Gasteiger charge is 2.18. The van der Waals surface area contributed by atoms with E-state index >= 15 is 0 Å². The van der Waals surface area contributed by atoms with Crippen LogP contribution in [0.2, 0.25) is 0 Å². The molecule has 0 bridgehead atoms. The third-order valence-electron chi connectivity index (χ3n) is 7.05. The van der Waals surface area contributed by atoms with Gasteiger partial charge in [0.15, 0.2) is 11.5 Å². The summed E-state index contributed by atoms with van der Waals surface area (Å²) in [5.74, 6) is 0.632. The Morgan fingerprint density at radius 1 is 0.974 bits per heavy atom. The molecule has 5 aromatic heterocycles. The van der Waals surface area contributed by atoms with E-state index < -0.39 is 0 Å². The zero-order valence-corrected chi connectivity index (χ0v) is 21.4. The van der Waals surface area contributed by atoms with Gasteiger partial charge in [0.05, 0.1) is 28.6 Å². The van der Waals surface area contributed by atoms with Crippen LogP contribution in [-0.2, 0) is 7.05 Å².